The van der Waals surface area contributed by atoms with Crippen molar-refractivity contribution in [3.63, 3.8) is 0 Å². The summed E-state index contributed by atoms with van der Waals surface area (Å²) >= 11 is 0. The Morgan fingerprint density at radius 1 is 0.419 bits per heavy atom. The summed E-state index contributed by atoms with van der Waals surface area (Å²) in [5.74, 6) is -2.31. The van der Waals surface area contributed by atoms with Gasteiger partial charge in [0.1, 0.15) is 0 Å². The molecule has 4 aromatic rings. The van der Waals surface area contributed by atoms with Crippen molar-refractivity contribution in [2.45, 2.75) is 0 Å². The molecule has 0 amide bonds. The van der Waals surface area contributed by atoms with Gasteiger partial charge in [-0.1, -0.05) is 0 Å². The van der Waals surface area contributed by atoms with Gasteiger partial charge in [0, 0.05) is 49.6 Å². The van der Waals surface area contributed by atoms with Crippen LogP contribution in [0.5, 0.6) is 0 Å². The number of nitrogens with zero attached hydrogens (tertiary/aromatic N) is 4. The smallest absolute Gasteiger partial charge is 0.748 e. The van der Waals surface area contributed by atoms with Crippen LogP contribution in [0.25, 0.3) is 22.3 Å². The second kappa shape index (κ2) is 30.1. The van der Waals surface area contributed by atoms with Crippen molar-refractivity contribution in [1.82, 2.24) is 19.9 Å². The molecule has 0 fully saturated rings. The Morgan fingerprint density at radius 2 is 0.558 bits per heavy atom. The van der Waals surface area contributed by atoms with Crippen LogP contribution in [-0.4, -0.2) is 79.3 Å². The molecule has 0 saturated carbocycles. The molecule has 1 radical (unpaired) electrons. The summed E-state index contributed by atoms with van der Waals surface area (Å²) < 4.78 is 58.3. The van der Waals surface area contributed by atoms with Gasteiger partial charge in [-0.25, -0.2) is 16.8 Å². The molecule has 4 heterocycles. The van der Waals surface area contributed by atoms with Crippen LogP contribution in [0, 0.1) is 0 Å². The average Bonchev–Trinajstić information content (AvgIpc) is 2.85. The summed E-state index contributed by atoms with van der Waals surface area (Å²) in [6, 6.07) is 15.9. The molecule has 0 spiro atoms. The Balaban J connectivity index is -0.0000000648. The summed E-state index contributed by atoms with van der Waals surface area (Å²) in [7, 11) is -9.17. The van der Waals surface area contributed by atoms with Crippen LogP contribution >= 0.6 is 0 Å². The molecule has 0 aliphatic carbocycles. The molecular formula is C22H40CoN4O14S2+4. The van der Waals surface area contributed by atoms with E-state index in [2.05, 4.69) is 19.9 Å². The monoisotopic (exact) mass is 707 g/mol. The van der Waals surface area contributed by atoms with Gasteiger partial charge in [0.15, 0.2) is 0 Å². The summed E-state index contributed by atoms with van der Waals surface area (Å²) in [4.78, 5) is 15.8. The van der Waals surface area contributed by atoms with Gasteiger partial charge < -0.3 is 52.9 Å². The van der Waals surface area contributed by atoms with E-state index in [1.807, 2.05) is 48.5 Å². The summed E-state index contributed by atoms with van der Waals surface area (Å²) in [5.41, 5.74) is 4.69. The van der Waals surface area contributed by atoms with Gasteiger partial charge in [-0.05, 0) is 70.8 Å². The number of aromatic nitrogens is 4. The Hall–Kier alpha value is -3.39. The van der Waals surface area contributed by atoms with Crippen molar-refractivity contribution in [3.05, 3.63) is 98.1 Å². The summed E-state index contributed by atoms with van der Waals surface area (Å²) in [5, 5.41) is 0. The van der Waals surface area contributed by atoms with Crippen LogP contribution in [-0.2, 0) is 58.9 Å². The topological polar surface area (TPSA) is 424 Å². The molecule has 249 valence electrons. The van der Waals surface area contributed by atoms with Crippen LogP contribution in [0.2, 0.25) is 0 Å². The molecule has 21 heteroatoms. The van der Waals surface area contributed by atoms with Gasteiger partial charge >= 0.3 is 16.8 Å². The predicted octanol–water partition coefficient (Wildman–Crippen LogP) is -4.62. The van der Waals surface area contributed by atoms with Crippen molar-refractivity contribution in [2.24, 2.45) is 0 Å². The van der Waals surface area contributed by atoms with Gasteiger partial charge in [0.2, 0.25) is 0 Å². The zero-order chi connectivity index (χ0) is 24.9. The van der Waals surface area contributed by atoms with Crippen molar-refractivity contribution < 1.29 is 86.5 Å². The molecule has 0 aliphatic rings. The fraction of sp³-hybridized carbons (Fsp3) is 0.0909. The van der Waals surface area contributed by atoms with Crippen LogP contribution in [0.15, 0.2) is 98.1 Å². The SMILES string of the molecule is O.O.O.O.O=S(=O)([O-])CCS(=O)(=O)[O-].[Co+2].[OH3+].[OH3+].[OH3+].[OH3+].c1cc(-c2ccncc2)ccn1.c1cc(-c2ccncc2)ccn1. The Bertz CT molecular complexity index is 1170. The van der Waals surface area contributed by atoms with Gasteiger partial charge in [0.05, 0.1) is 31.7 Å². The quantitative estimate of drug-likeness (QED) is 0.141. The van der Waals surface area contributed by atoms with Crippen LogP contribution in [0.1, 0.15) is 0 Å². The van der Waals surface area contributed by atoms with Crippen molar-refractivity contribution >= 4 is 20.2 Å². The third-order valence-corrected chi connectivity index (χ3v) is 5.64. The summed E-state index contributed by atoms with van der Waals surface area (Å²) in [6.45, 7) is 0. The number of hydrogen-bond acceptors (Lipinski definition) is 10. The zero-order valence-corrected chi connectivity index (χ0v) is 25.0. The van der Waals surface area contributed by atoms with Gasteiger partial charge in [-0.3, -0.25) is 19.9 Å². The van der Waals surface area contributed by atoms with Gasteiger partial charge in [-0.2, -0.15) is 0 Å². The second-order valence-corrected chi connectivity index (χ2v) is 9.51. The van der Waals surface area contributed by atoms with E-state index in [9.17, 15) is 25.9 Å². The molecule has 0 saturated heterocycles. The Morgan fingerprint density at radius 3 is 0.674 bits per heavy atom. The standard InChI is InChI=1S/2C10H8N2.C2H6O6S2.Co.8H2O/c2*1-5-11-6-2-9(1)10-3-7-12-8-4-10;3-9(4,5)1-2-10(6,7)8;;;;;;;;;/h2*1-8H;1-2H2,(H,3,4,5)(H,6,7,8);;8*1H2/q;;;+2;;;;;;;;/p+2. The van der Waals surface area contributed by atoms with Crippen LogP contribution in [0.4, 0.5) is 0 Å². The minimum atomic E-state index is -4.59. The third-order valence-electron chi connectivity index (χ3n) is 3.97. The zero-order valence-electron chi connectivity index (χ0n) is 22.3. The molecule has 0 aliphatic heterocycles. The maximum Gasteiger partial charge on any atom is 2.00 e. The molecule has 18 nitrogen and oxygen atoms in total. The molecule has 4 aromatic heterocycles. The molecule has 4 rings (SSSR count). The maximum atomic E-state index is 9.72. The van der Waals surface area contributed by atoms with Crippen molar-refractivity contribution in [1.29, 1.82) is 0 Å². The van der Waals surface area contributed by atoms with Crippen LogP contribution in [0.3, 0.4) is 0 Å². The molecule has 0 bridgehead atoms. The molecule has 0 unspecified atom stereocenters. The second-order valence-electron chi connectivity index (χ2n) is 6.47. The fourth-order valence-electron chi connectivity index (χ4n) is 2.38. The normalized spacial score (nSPS) is 8.51. The Labute approximate surface area is 258 Å². The number of hydrogen-bond donors (Lipinski definition) is 0. The molecule has 0 aromatic carbocycles. The first-order valence-corrected chi connectivity index (χ1v) is 12.8. The minimum absolute atomic E-state index is 0. The van der Waals surface area contributed by atoms with E-state index in [0.29, 0.717) is 0 Å². The molecule has 20 N–H and O–H groups in total. The number of rotatable bonds is 5. The summed E-state index contributed by atoms with van der Waals surface area (Å²) in [6.07, 6.45) is 14.3. The Kier molecular flexibility index (Phi) is 41.3. The first-order valence-electron chi connectivity index (χ1n) is 9.62. The first-order chi connectivity index (χ1) is 16.1. The van der Waals surface area contributed by atoms with E-state index in [0.717, 1.165) is 0 Å². The van der Waals surface area contributed by atoms with E-state index >= 15 is 0 Å². The largest absolute Gasteiger partial charge is 2.00 e. The van der Waals surface area contributed by atoms with E-state index in [-0.39, 0.29) is 60.6 Å². The minimum Gasteiger partial charge on any atom is -0.748 e. The maximum absolute atomic E-state index is 9.72. The van der Waals surface area contributed by atoms with Crippen molar-refractivity contribution in [3.8, 4) is 22.3 Å². The molecule has 43 heavy (non-hydrogen) atoms. The predicted molar refractivity (Wildman–Crippen MR) is 158 cm³/mol. The van der Waals surface area contributed by atoms with E-state index in [1.165, 1.54) is 22.3 Å². The van der Waals surface area contributed by atoms with Crippen molar-refractivity contribution in [2.75, 3.05) is 11.5 Å². The van der Waals surface area contributed by atoms with Crippen LogP contribution < -0.4 is 0 Å². The molecular weight excluding hydrogens is 667 g/mol. The van der Waals surface area contributed by atoms with E-state index in [1.54, 1.807) is 49.6 Å². The molecule has 0 atom stereocenters. The fourth-order valence-corrected chi connectivity index (χ4v) is 4.01. The number of pyridine rings is 4. The van der Waals surface area contributed by atoms with E-state index in [4.69, 9.17) is 0 Å². The average molecular weight is 708 g/mol. The van der Waals surface area contributed by atoms with E-state index < -0.39 is 31.7 Å². The van der Waals surface area contributed by atoms with Gasteiger partial charge in [0.25, 0.3) is 0 Å². The third kappa shape index (κ3) is 27.2. The van der Waals surface area contributed by atoms with Gasteiger partial charge in [-0.15, -0.1) is 0 Å². The first kappa shape index (κ1) is 59.1.